The van der Waals surface area contributed by atoms with Gasteiger partial charge in [0.1, 0.15) is 5.75 Å². The molecule has 2 N–H and O–H groups in total. The molecule has 7 heteroatoms. The van der Waals surface area contributed by atoms with Crippen LogP contribution in [0.1, 0.15) is 22.8 Å². The first-order valence-corrected chi connectivity index (χ1v) is 7.09. The van der Waals surface area contributed by atoms with Gasteiger partial charge in [-0.3, -0.25) is 20.4 Å². The van der Waals surface area contributed by atoms with Gasteiger partial charge in [0.15, 0.2) is 19.0 Å². The highest BCUT2D eigenvalue weighted by molar-refractivity contribution is 5.95. The smallest absolute Gasteiger partial charge is 0.276 e. The molecule has 0 radical (unpaired) electrons. The van der Waals surface area contributed by atoms with Gasteiger partial charge in [-0.15, -0.1) is 0 Å². The van der Waals surface area contributed by atoms with Crippen molar-refractivity contribution < 1.29 is 19.1 Å². The fourth-order valence-corrected chi connectivity index (χ4v) is 1.88. The quantitative estimate of drug-likeness (QED) is 0.483. The van der Waals surface area contributed by atoms with Crippen molar-refractivity contribution in [3.05, 3.63) is 65.1 Å². The Bertz CT molecular complexity index is 686. The highest BCUT2D eigenvalue weighted by atomic mass is 16.5. The zero-order chi connectivity index (χ0) is 16.7. The predicted molar refractivity (Wildman–Crippen MR) is 82.3 cm³/mol. The molecule has 23 heavy (non-hydrogen) atoms. The molecule has 2 rings (SSSR count). The molecule has 0 aliphatic heterocycles. The van der Waals surface area contributed by atoms with E-state index in [1.165, 1.54) is 24.5 Å². The SMILES string of the molecule is CCc1ccccc1OCC(=O)NNC(=O)c1cc[n+]([O-])cc1. The van der Waals surface area contributed by atoms with Crippen LogP contribution in [0.5, 0.6) is 5.75 Å². The number of nitrogens with one attached hydrogen (secondary N) is 2. The number of para-hydroxylation sites is 1. The van der Waals surface area contributed by atoms with Crippen LogP contribution in [0.15, 0.2) is 48.8 Å². The second-order valence-corrected chi connectivity index (χ2v) is 4.70. The van der Waals surface area contributed by atoms with Gasteiger partial charge in [0.2, 0.25) is 0 Å². The number of hydrogen-bond donors (Lipinski definition) is 2. The van der Waals surface area contributed by atoms with E-state index in [4.69, 9.17) is 4.74 Å². The number of aryl methyl sites for hydroxylation is 1. The Balaban J connectivity index is 1.81. The summed E-state index contributed by atoms with van der Waals surface area (Å²) in [6.45, 7) is 1.78. The Morgan fingerprint density at radius 3 is 2.52 bits per heavy atom. The summed E-state index contributed by atoms with van der Waals surface area (Å²) in [6.07, 6.45) is 3.19. The molecule has 7 nitrogen and oxygen atoms in total. The zero-order valence-electron chi connectivity index (χ0n) is 12.6. The largest absolute Gasteiger partial charge is 0.619 e. The van der Waals surface area contributed by atoms with Gasteiger partial charge >= 0.3 is 0 Å². The highest BCUT2D eigenvalue weighted by Gasteiger charge is 2.09. The molecule has 0 aliphatic carbocycles. The van der Waals surface area contributed by atoms with Gasteiger partial charge < -0.3 is 9.94 Å². The van der Waals surface area contributed by atoms with Crippen molar-refractivity contribution in [1.82, 2.24) is 10.9 Å². The lowest BCUT2D eigenvalue weighted by atomic mass is 10.1. The average Bonchev–Trinajstić information content (AvgIpc) is 2.58. The van der Waals surface area contributed by atoms with Crippen molar-refractivity contribution in [1.29, 1.82) is 0 Å². The van der Waals surface area contributed by atoms with Crippen molar-refractivity contribution in [2.24, 2.45) is 0 Å². The number of amides is 2. The molecular formula is C16H17N3O4. The second-order valence-electron chi connectivity index (χ2n) is 4.70. The number of rotatable bonds is 5. The Labute approximate surface area is 133 Å². The lowest BCUT2D eigenvalue weighted by Gasteiger charge is -2.11. The van der Waals surface area contributed by atoms with Gasteiger partial charge in [-0.25, -0.2) is 0 Å². The first kappa shape index (κ1) is 16.3. The summed E-state index contributed by atoms with van der Waals surface area (Å²) in [4.78, 5) is 23.5. The van der Waals surface area contributed by atoms with E-state index in [9.17, 15) is 14.8 Å². The monoisotopic (exact) mass is 315 g/mol. The molecule has 0 fully saturated rings. The minimum Gasteiger partial charge on any atom is -0.619 e. The maximum Gasteiger partial charge on any atom is 0.276 e. The van der Waals surface area contributed by atoms with Crippen molar-refractivity contribution in [2.45, 2.75) is 13.3 Å². The lowest BCUT2D eigenvalue weighted by Crippen LogP contribution is -2.44. The van der Waals surface area contributed by atoms with Gasteiger partial charge in [0.25, 0.3) is 11.8 Å². The van der Waals surface area contributed by atoms with Crippen LogP contribution in [-0.2, 0) is 11.2 Å². The van der Waals surface area contributed by atoms with Gasteiger partial charge in [-0.05, 0) is 18.1 Å². The Morgan fingerprint density at radius 2 is 1.83 bits per heavy atom. The first-order chi connectivity index (χ1) is 11.1. The van der Waals surface area contributed by atoms with Crippen molar-refractivity contribution in [2.75, 3.05) is 6.61 Å². The van der Waals surface area contributed by atoms with Crippen LogP contribution in [0.25, 0.3) is 0 Å². The Hall–Kier alpha value is -3.09. The molecule has 120 valence electrons. The Kier molecular flexibility index (Phi) is 5.51. The molecule has 0 spiro atoms. The summed E-state index contributed by atoms with van der Waals surface area (Å²) < 4.78 is 6.00. The summed E-state index contributed by atoms with van der Waals surface area (Å²) in [5, 5.41) is 10.9. The fraction of sp³-hybridized carbons (Fsp3) is 0.188. The van der Waals surface area contributed by atoms with Crippen molar-refractivity contribution in [3.8, 4) is 5.75 Å². The third-order valence-electron chi connectivity index (χ3n) is 3.09. The topological polar surface area (TPSA) is 94.4 Å². The summed E-state index contributed by atoms with van der Waals surface area (Å²) >= 11 is 0. The minimum absolute atomic E-state index is 0.216. The first-order valence-electron chi connectivity index (χ1n) is 7.09. The molecule has 2 aromatic rings. The van der Waals surface area contributed by atoms with Gasteiger partial charge in [-0.1, -0.05) is 25.1 Å². The van der Waals surface area contributed by atoms with Crippen LogP contribution in [0, 0.1) is 5.21 Å². The molecule has 1 aromatic carbocycles. The minimum atomic E-state index is -0.520. The van der Waals surface area contributed by atoms with E-state index in [2.05, 4.69) is 10.9 Å². The van der Waals surface area contributed by atoms with Crippen LogP contribution in [-0.4, -0.2) is 18.4 Å². The fourth-order valence-electron chi connectivity index (χ4n) is 1.88. The van der Waals surface area contributed by atoms with Gasteiger partial charge in [0.05, 0.1) is 5.56 Å². The van der Waals surface area contributed by atoms with E-state index in [0.717, 1.165) is 12.0 Å². The van der Waals surface area contributed by atoms with Crippen molar-refractivity contribution >= 4 is 11.8 Å². The molecule has 0 saturated heterocycles. The maximum atomic E-state index is 11.8. The molecule has 2 amide bonds. The third-order valence-corrected chi connectivity index (χ3v) is 3.09. The number of pyridine rings is 1. The summed E-state index contributed by atoms with van der Waals surface area (Å²) in [7, 11) is 0. The standard InChI is InChI=1S/C16H17N3O4/c1-2-12-5-3-4-6-14(12)23-11-15(20)17-18-16(21)13-7-9-19(22)10-8-13/h3-10H,2,11H2,1H3,(H,17,20)(H,18,21). The number of benzene rings is 1. The number of hydrazine groups is 1. The average molecular weight is 315 g/mol. The van der Waals surface area contributed by atoms with Crippen molar-refractivity contribution in [3.63, 3.8) is 0 Å². The molecule has 0 aliphatic rings. The predicted octanol–water partition coefficient (Wildman–Crippen LogP) is 0.722. The summed E-state index contributed by atoms with van der Waals surface area (Å²) in [5.74, 6) is -0.369. The highest BCUT2D eigenvalue weighted by Crippen LogP contribution is 2.17. The van der Waals surface area contributed by atoms with E-state index in [0.29, 0.717) is 10.5 Å². The van der Waals surface area contributed by atoms with E-state index < -0.39 is 11.8 Å². The molecule has 0 saturated carbocycles. The maximum absolute atomic E-state index is 11.8. The van der Waals surface area contributed by atoms with E-state index >= 15 is 0 Å². The number of carbonyl (C=O) groups excluding carboxylic acids is 2. The van der Waals surface area contributed by atoms with Crippen LogP contribution in [0.2, 0.25) is 0 Å². The van der Waals surface area contributed by atoms with Crippen LogP contribution >= 0.6 is 0 Å². The Morgan fingerprint density at radius 1 is 1.13 bits per heavy atom. The summed E-state index contributed by atoms with van der Waals surface area (Å²) in [5.41, 5.74) is 5.77. The molecule has 1 heterocycles. The number of hydrogen-bond acceptors (Lipinski definition) is 4. The number of carbonyl (C=O) groups is 2. The van der Waals surface area contributed by atoms with E-state index in [-0.39, 0.29) is 12.2 Å². The molecule has 0 unspecified atom stereocenters. The van der Waals surface area contributed by atoms with E-state index in [1.807, 2.05) is 25.1 Å². The molecular weight excluding hydrogens is 298 g/mol. The molecule has 0 atom stereocenters. The van der Waals surface area contributed by atoms with Gasteiger partial charge in [0, 0.05) is 12.1 Å². The lowest BCUT2D eigenvalue weighted by molar-refractivity contribution is -0.605. The number of ether oxygens (including phenoxy) is 1. The van der Waals surface area contributed by atoms with Crippen LogP contribution < -0.4 is 20.3 Å². The van der Waals surface area contributed by atoms with E-state index in [1.54, 1.807) is 6.07 Å². The second kappa shape index (κ2) is 7.79. The van der Waals surface area contributed by atoms with Gasteiger partial charge in [-0.2, -0.15) is 4.73 Å². The molecule has 1 aromatic heterocycles. The van der Waals surface area contributed by atoms with Crippen LogP contribution in [0.3, 0.4) is 0 Å². The normalized spacial score (nSPS) is 9.96. The van der Waals surface area contributed by atoms with Crippen LogP contribution in [0.4, 0.5) is 0 Å². The third kappa shape index (κ3) is 4.70. The number of nitrogens with zero attached hydrogens (tertiary/aromatic N) is 1. The summed E-state index contributed by atoms with van der Waals surface area (Å²) in [6, 6.07) is 10.1. The zero-order valence-corrected chi connectivity index (χ0v) is 12.6. The number of aromatic nitrogens is 1. The molecule has 0 bridgehead atoms.